The molecule has 0 aliphatic carbocycles. The van der Waals surface area contributed by atoms with Crippen molar-refractivity contribution in [1.82, 2.24) is 19.9 Å². The molecule has 4 aromatic rings. The number of carbonyl (C=O) groups is 1. The number of imidazole rings is 1. The van der Waals surface area contributed by atoms with E-state index >= 15 is 0 Å². The summed E-state index contributed by atoms with van der Waals surface area (Å²) < 4.78 is 0. The molecule has 0 bridgehead atoms. The highest BCUT2D eigenvalue weighted by atomic mass is 16.4. The molecule has 3 aromatic heterocycles. The second-order valence-corrected chi connectivity index (χ2v) is 4.69. The molecule has 21 heavy (non-hydrogen) atoms. The second-order valence-electron chi connectivity index (χ2n) is 4.69. The fraction of sp³-hybridized carbons (Fsp3) is 0. The molecular weight excluding hydrogens is 268 g/mol. The summed E-state index contributed by atoms with van der Waals surface area (Å²) in [4.78, 5) is 26.0. The zero-order valence-electron chi connectivity index (χ0n) is 10.8. The molecule has 6 nitrogen and oxygen atoms in total. The monoisotopic (exact) mass is 278 g/mol. The van der Waals surface area contributed by atoms with Crippen LogP contribution in [0.25, 0.3) is 33.3 Å². The van der Waals surface area contributed by atoms with Gasteiger partial charge in [0.05, 0.1) is 5.52 Å². The first-order chi connectivity index (χ1) is 10.2. The minimum absolute atomic E-state index is 0.00125. The molecule has 6 heteroatoms. The molecule has 0 saturated carbocycles. The topological polar surface area (TPSA) is 94.7 Å². The van der Waals surface area contributed by atoms with Gasteiger partial charge in [-0.2, -0.15) is 0 Å². The third-order valence-corrected chi connectivity index (χ3v) is 3.44. The lowest BCUT2D eigenvalue weighted by Gasteiger charge is -2.02. The van der Waals surface area contributed by atoms with Gasteiger partial charge in [0, 0.05) is 28.7 Å². The molecule has 0 atom stereocenters. The van der Waals surface area contributed by atoms with Crippen LogP contribution in [-0.4, -0.2) is 31.0 Å². The number of pyridine rings is 1. The number of rotatable bonds is 2. The van der Waals surface area contributed by atoms with E-state index in [1.807, 2.05) is 24.3 Å². The molecular formula is C15H10N4O2. The van der Waals surface area contributed by atoms with Gasteiger partial charge >= 0.3 is 5.97 Å². The number of aromatic amines is 2. The van der Waals surface area contributed by atoms with Crippen molar-refractivity contribution >= 4 is 27.8 Å². The minimum atomic E-state index is -1.06. The number of aromatic carboxylic acids is 1. The lowest BCUT2D eigenvalue weighted by Crippen LogP contribution is -2.02. The number of carboxylic acids is 1. The Labute approximate surface area is 118 Å². The van der Waals surface area contributed by atoms with Gasteiger partial charge in [-0.1, -0.05) is 18.2 Å². The van der Waals surface area contributed by atoms with E-state index in [0.717, 1.165) is 21.8 Å². The first-order valence-corrected chi connectivity index (χ1v) is 6.38. The Morgan fingerprint density at radius 3 is 2.81 bits per heavy atom. The number of fused-ring (bicyclic) bond motifs is 3. The smallest absolute Gasteiger partial charge is 0.354 e. The molecule has 0 radical (unpaired) electrons. The molecule has 0 aliphatic rings. The molecule has 1 aromatic carbocycles. The predicted octanol–water partition coefficient (Wildman–Crippen LogP) is 2.80. The third-order valence-electron chi connectivity index (χ3n) is 3.44. The number of nitrogens with zero attached hydrogens (tertiary/aromatic N) is 2. The van der Waals surface area contributed by atoms with E-state index in [1.54, 1.807) is 18.5 Å². The van der Waals surface area contributed by atoms with Crippen LogP contribution in [0.4, 0.5) is 0 Å². The summed E-state index contributed by atoms with van der Waals surface area (Å²) in [6.45, 7) is 0. The zero-order valence-corrected chi connectivity index (χ0v) is 10.8. The maximum absolute atomic E-state index is 11.3. The molecule has 102 valence electrons. The van der Waals surface area contributed by atoms with Crippen LogP contribution in [0.15, 0.2) is 42.7 Å². The van der Waals surface area contributed by atoms with Crippen LogP contribution in [0.3, 0.4) is 0 Å². The number of benzene rings is 1. The lowest BCUT2D eigenvalue weighted by atomic mass is 10.1. The van der Waals surface area contributed by atoms with E-state index in [9.17, 15) is 9.90 Å². The van der Waals surface area contributed by atoms with Gasteiger partial charge in [-0.15, -0.1) is 0 Å². The molecule has 3 N–H and O–H groups in total. The van der Waals surface area contributed by atoms with Crippen LogP contribution in [0, 0.1) is 0 Å². The lowest BCUT2D eigenvalue weighted by molar-refractivity contribution is 0.0691. The number of nitrogens with one attached hydrogen (secondary N) is 2. The van der Waals surface area contributed by atoms with Gasteiger partial charge in [0.15, 0.2) is 5.82 Å². The normalized spacial score (nSPS) is 11.2. The second kappa shape index (κ2) is 4.17. The average molecular weight is 278 g/mol. The van der Waals surface area contributed by atoms with Gasteiger partial charge in [-0.3, -0.25) is 0 Å². The molecule has 3 heterocycles. The number of H-pyrrole nitrogens is 2. The van der Waals surface area contributed by atoms with Gasteiger partial charge in [0.25, 0.3) is 0 Å². The van der Waals surface area contributed by atoms with Gasteiger partial charge in [0.1, 0.15) is 11.4 Å². The molecule has 0 saturated heterocycles. The van der Waals surface area contributed by atoms with Crippen molar-refractivity contribution in [2.75, 3.05) is 0 Å². The Morgan fingerprint density at radius 2 is 2.05 bits per heavy atom. The highest BCUT2D eigenvalue weighted by Crippen LogP contribution is 2.31. The van der Waals surface area contributed by atoms with E-state index < -0.39 is 5.97 Å². The number of carboxylic acid groups (broad SMARTS) is 1. The van der Waals surface area contributed by atoms with Gasteiger partial charge in [0.2, 0.25) is 0 Å². The van der Waals surface area contributed by atoms with Crippen molar-refractivity contribution in [1.29, 1.82) is 0 Å². The number of aromatic nitrogens is 4. The number of para-hydroxylation sites is 1. The first-order valence-electron chi connectivity index (χ1n) is 6.38. The van der Waals surface area contributed by atoms with Crippen LogP contribution in [-0.2, 0) is 0 Å². The highest BCUT2D eigenvalue weighted by molar-refractivity contribution is 6.12. The van der Waals surface area contributed by atoms with Crippen LogP contribution in [0.5, 0.6) is 0 Å². The third kappa shape index (κ3) is 1.69. The number of hydrogen-bond acceptors (Lipinski definition) is 3. The summed E-state index contributed by atoms with van der Waals surface area (Å²) >= 11 is 0. The van der Waals surface area contributed by atoms with Crippen LogP contribution < -0.4 is 0 Å². The fourth-order valence-corrected chi connectivity index (χ4v) is 2.52. The molecule has 4 rings (SSSR count). The van der Waals surface area contributed by atoms with E-state index in [2.05, 4.69) is 19.9 Å². The standard InChI is InChI=1S/C15H10N4O2/c20-15(21)11-7-9-8-3-1-2-4-10(8)18-12(9)13(19-11)14-16-5-6-17-14/h1-7,18H,(H,16,17)(H,20,21). The van der Waals surface area contributed by atoms with Gasteiger partial charge in [-0.05, 0) is 12.1 Å². The van der Waals surface area contributed by atoms with Crippen molar-refractivity contribution in [3.05, 3.63) is 48.4 Å². The van der Waals surface area contributed by atoms with Crippen molar-refractivity contribution in [3.63, 3.8) is 0 Å². The number of hydrogen-bond donors (Lipinski definition) is 3. The Balaban J connectivity index is 2.18. The van der Waals surface area contributed by atoms with E-state index in [1.165, 1.54) is 0 Å². The molecule has 0 aliphatic heterocycles. The Hall–Kier alpha value is -3.15. The average Bonchev–Trinajstić information content (AvgIpc) is 3.13. The fourth-order valence-electron chi connectivity index (χ4n) is 2.52. The summed E-state index contributed by atoms with van der Waals surface area (Å²) in [5.74, 6) is -0.523. The molecule has 0 spiro atoms. The molecule has 0 amide bonds. The van der Waals surface area contributed by atoms with E-state index in [0.29, 0.717) is 11.5 Å². The van der Waals surface area contributed by atoms with Gasteiger partial charge < -0.3 is 15.1 Å². The van der Waals surface area contributed by atoms with Crippen molar-refractivity contribution < 1.29 is 9.90 Å². The van der Waals surface area contributed by atoms with Gasteiger partial charge in [-0.25, -0.2) is 14.8 Å². The SMILES string of the molecule is O=C(O)c1cc2c([nH]c3ccccc32)c(-c2ncc[nH]2)n1. The summed E-state index contributed by atoms with van der Waals surface area (Å²) in [7, 11) is 0. The Kier molecular flexibility index (Phi) is 2.32. The summed E-state index contributed by atoms with van der Waals surface area (Å²) in [6, 6.07) is 9.33. The summed E-state index contributed by atoms with van der Waals surface area (Å²) in [5, 5.41) is 11.1. The minimum Gasteiger partial charge on any atom is -0.477 e. The zero-order chi connectivity index (χ0) is 14.4. The Bertz CT molecular complexity index is 970. The maximum Gasteiger partial charge on any atom is 0.354 e. The first kappa shape index (κ1) is 11.7. The van der Waals surface area contributed by atoms with Crippen molar-refractivity contribution in [2.45, 2.75) is 0 Å². The van der Waals surface area contributed by atoms with Crippen molar-refractivity contribution in [3.8, 4) is 11.5 Å². The van der Waals surface area contributed by atoms with E-state index in [4.69, 9.17) is 0 Å². The van der Waals surface area contributed by atoms with Crippen molar-refractivity contribution in [2.24, 2.45) is 0 Å². The van der Waals surface area contributed by atoms with Crippen LogP contribution in [0.1, 0.15) is 10.5 Å². The van der Waals surface area contributed by atoms with E-state index in [-0.39, 0.29) is 5.69 Å². The Morgan fingerprint density at radius 1 is 1.19 bits per heavy atom. The molecule has 0 unspecified atom stereocenters. The van der Waals surface area contributed by atoms with Crippen LogP contribution in [0.2, 0.25) is 0 Å². The highest BCUT2D eigenvalue weighted by Gasteiger charge is 2.17. The maximum atomic E-state index is 11.3. The quantitative estimate of drug-likeness (QED) is 0.525. The van der Waals surface area contributed by atoms with Crippen LogP contribution >= 0.6 is 0 Å². The summed E-state index contributed by atoms with van der Waals surface area (Å²) in [5.41, 5.74) is 2.21. The summed E-state index contributed by atoms with van der Waals surface area (Å²) in [6.07, 6.45) is 3.29. The molecule has 0 fully saturated rings. The largest absolute Gasteiger partial charge is 0.477 e. The predicted molar refractivity (Wildman–Crippen MR) is 78.1 cm³/mol.